The highest BCUT2D eigenvalue weighted by molar-refractivity contribution is 7.19. The van der Waals surface area contributed by atoms with Gasteiger partial charge in [0.1, 0.15) is 5.82 Å². The van der Waals surface area contributed by atoms with Crippen molar-refractivity contribution in [2.45, 2.75) is 25.9 Å². The number of carbonyl (C=O) groups is 1. The molecule has 152 valence electrons. The molecule has 8 heteroatoms. The molecule has 4 rings (SSSR count). The highest BCUT2D eigenvalue weighted by Gasteiger charge is 2.34. The molecule has 0 aliphatic carbocycles. The number of hydrogen-bond acceptors (Lipinski definition) is 4. The first-order valence-electron chi connectivity index (χ1n) is 9.40. The first kappa shape index (κ1) is 19.7. The van der Waals surface area contributed by atoms with Crippen LogP contribution in [0, 0.1) is 12.8 Å². The first-order chi connectivity index (χ1) is 13.8. The molecule has 0 bridgehead atoms. The van der Waals surface area contributed by atoms with Gasteiger partial charge in [-0.3, -0.25) is 4.79 Å². The summed E-state index contributed by atoms with van der Waals surface area (Å²) in [5.74, 6) is 0.0435. The number of hydrogen-bond donors (Lipinski definition) is 1. The van der Waals surface area contributed by atoms with E-state index in [1.54, 1.807) is 17.5 Å². The van der Waals surface area contributed by atoms with Crippen molar-refractivity contribution >= 4 is 38.8 Å². The van der Waals surface area contributed by atoms with Gasteiger partial charge in [-0.05, 0) is 44.0 Å². The van der Waals surface area contributed by atoms with Crippen LogP contribution >= 0.6 is 11.3 Å². The Hall–Kier alpha value is -2.61. The SMILES string of the molecule is Cc1cc2c(N3CCC[C@H](C(=O)Nc4ccccc4C(F)(F)F)C3)nccc2s1. The van der Waals surface area contributed by atoms with E-state index < -0.39 is 17.7 Å². The van der Waals surface area contributed by atoms with Crippen molar-refractivity contribution in [3.8, 4) is 0 Å². The summed E-state index contributed by atoms with van der Waals surface area (Å²) in [7, 11) is 0. The predicted octanol–water partition coefficient (Wildman–Crippen LogP) is 5.48. The van der Waals surface area contributed by atoms with Crippen molar-refractivity contribution in [2.24, 2.45) is 5.92 Å². The molecule has 29 heavy (non-hydrogen) atoms. The van der Waals surface area contributed by atoms with Crippen LogP contribution in [-0.2, 0) is 11.0 Å². The molecule has 0 unspecified atom stereocenters. The molecule has 1 aromatic carbocycles. The third-order valence-corrected chi connectivity index (χ3v) is 6.15. The largest absolute Gasteiger partial charge is 0.418 e. The second-order valence-corrected chi connectivity index (χ2v) is 8.51. The number of amides is 1. The number of carbonyl (C=O) groups excluding carboxylic acids is 1. The number of pyridine rings is 1. The fourth-order valence-electron chi connectivity index (χ4n) is 3.79. The zero-order valence-electron chi connectivity index (χ0n) is 15.8. The van der Waals surface area contributed by atoms with E-state index >= 15 is 0 Å². The number of aromatic nitrogens is 1. The van der Waals surface area contributed by atoms with E-state index in [9.17, 15) is 18.0 Å². The number of nitrogens with one attached hydrogen (secondary N) is 1. The molecule has 3 aromatic rings. The van der Waals surface area contributed by atoms with Crippen molar-refractivity contribution in [1.29, 1.82) is 0 Å². The van der Waals surface area contributed by atoms with E-state index in [-0.39, 0.29) is 11.6 Å². The molecule has 1 saturated heterocycles. The van der Waals surface area contributed by atoms with Gasteiger partial charge < -0.3 is 10.2 Å². The highest BCUT2D eigenvalue weighted by atomic mass is 32.1. The number of benzene rings is 1. The minimum atomic E-state index is -4.52. The number of anilines is 2. The van der Waals surface area contributed by atoms with Gasteiger partial charge in [-0.1, -0.05) is 12.1 Å². The zero-order chi connectivity index (χ0) is 20.6. The lowest BCUT2D eigenvalue weighted by Gasteiger charge is -2.33. The molecule has 3 heterocycles. The van der Waals surface area contributed by atoms with E-state index in [0.29, 0.717) is 13.0 Å². The fourth-order valence-corrected chi connectivity index (χ4v) is 4.70. The topological polar surface area (TPSA) is 45.2 Å². The first-order valence-corrected chi connectivity index (χ1v) is 10.2. The van der Waals surface area contributed by atoms with Crippen LogP contribution in [0.1, 0.15) is 23.3 Å². The monoisotopic (exact) mass is 419 g/mol. The average Bonchev–Trinajstić information content (AvgIpc) is 3.08. The van der Waals surface area contributed by atoms with Crippen molar-refractivity contribution < 1.29 is 18.0 Å². The predicted molar refractivity (Wildman–Crippen MR) is 109 cm³/mol. The number of halogens is 3. The Balaban J connectivity index is 1.54. The van der Waals surface area contributed by atoms with Crippen LogP contribution in [0.5, 0.6) is 0 Å². The van der Waals surface area contributed by atoms with E-state index in [1.807, 2.05) is 13.0 Å². The third-order valence-electron chi connectivity index (χ3n) is 5.13. The minimum Gasteiger partial charge on any atom is -0.355 e. The molecule has 0 spiro atoms. The summed E-state index contributed by atoms with van der Waals surface area (Å²) in [6, 6.07) is 9.13. The smallest absolute Gasteiger partial charge is 0.355 e. The van der Waals surface area contributed by atoms with Crippen molar-refractivity contribution in [3.63, 3.8) is 0 Å². The molecule has 4 nitrogen and oxygen atoms in total. The van der Waals surface area contributed by atoms with Crippen LogP contribution in [0.4, 0.5) is 24.7 Å². The summed E-state index contributed by atoms with van der Waals surface area (Å²) in [6.45, 7) is 3.24. The number of rotatable bonds is 3. The van der Waals surface area contributed by atoms with Gasteiger partial charge in [0.05, 0.1) is 17.2 Å². The summed E-state index contributed by atoms with van der Waals surface area (Å²) in [5, 5.41) is 3.55. The lowest BCUT2D eigenvalue weighted by Crippen LogP contribution is -2.41. The van der Waals surface area contributed by atoms with E-state index in [2.05, 4.69) is 21.3 Å². The maximum absolute atomic E-state index is 13.2. The van der Waals surface area contributed by atoms with Crippen LogP contribution in [-0.4, -0.2) is 24.0 Å². The molecule has 1 fully saturated rings. The second kappa shape index (κ2) is 7.67. The molecule has 1 amide bonds. The standard InChI is InChI=1S/C21H20F3N3OS/c1-13-11-15-18(29-13)8-9-25-19(15)27-10-4-5-14(12-27)20(28)26-17-7-3-2-6-16(17)21(22,23)24/h2-3,6-9,11,14H,4-5,10,12H2,1H3,(H,26,28)/t14-/m0/s1. The Bertz CT molecular complexity index is 1050. The molecule has 1 atom stereocenters. The minimum absolute atomic E-state index is 0.198. The number of piperidine rings is 1. The maximum Gasteiger partial charge on any atom is 0.418 e. The number of thiophene rings is 1. The number of alkyl halides is 3. The van der Waals surface area contributed by atoms with Crippen molar-refractivity contribution in [3.05, 3.63) is 53.0 Å². The molecule has 0 saturated carbocycles. The highest BCUT2D eigenvalue weighted by Crippen LogP contribution is 2.36. The average molecular weight is 419 g/mol. The second-order valence-electron chi connectivity index (χ2n) is 7.22. The molecule has 1 N–H and O–H groups in total. The molecule has 0 radical (unpaired) electrons. The van der Waals surface area contributed by atoms with Crippen LogP contribution in [0.25, 0.3) is 10.1 Å². The Kier molecular flexibility index (Phi) is 5.21. The van der Waals surface area contributed by atoms with E-state index in [1.165, 1.54) is 23.1 Å². The zero-order valence-corrected chi connectivity index (χ0v) is 16.6. The Labute approximate surface area is 170 Å². The van der Waals surface area contributed by atoms with Crippen LogP contribution in [0.2, 0.25) is 0 Å². The van der Waals surface area contributed by atoms with Gasteiger partial charge in [0.2, 0.25) is 5.91 Å². The Morgan fingerprint density at radius 1 is 1.28 bits per heavy atom. The number of para-hydroxylation sites is 1. The number of fused-ring (bicyclic) bond motifs is 1. The van der Waals surface area contributed by atoms with Gasteiger partial charge in [0.25, 0.3) is 0 Å². The van der Waals surface area contributed by atoms with Crippen LogP contribution in [0.15, 0.2) is 42.6 Å². The van der Waals surface area contributed by atoms with Gasteiger partial charge in [-0.25, -0.2) is 4.98 Å². The molecular formula is C21H20F3N3OS. The third kappa shape index (κ3) is 4.07. The molecule has 1 aliphatic heterocycles. The summed E-state index contributed by atoms with van der Waals surface area (Å²) in [5.41, 5.74) is -1.03. The summed E-state index contributed by atoms with van der Waals surface area (Å²) in [4.78, 5) is 20.5. The maximum atomic E-state index is 13.2. The van der Waals surface area contributed by atoms with Crippen LogP contribution < -0.4 is 10.2 Å². The van der Waals surface area contributed by atoms with Crippen LogP contribution in [0.3, 0.4) is 0 Å². The summed E-state index contributed by atoms with van der Waals surface area (Å²) >= 11 is 1.69. The number of aryl methyl sites for hydroxylation is 1. The Morgan fingerprint density at radius 2 is 2.07 bits per heavy atom. The van der Waals surface area contributed by atoms with Gasteiger partial charge in [-0.2, -0.15) is 13.2 Å². The van der Waals surface area contributed by atoms with Crippen molar-refractivity contribution in [2.75, 3.05) is 23.3 Å². The number of nitrogens with zero attached hydrogens (tertiary/aromatic N) is 2. The van der Waals surface area contributed by atoms with Gasteiger partial charge >= 0.3 is 6.18 Å². The van der Waals surface area contributed by atoms with Crippen molar-refractivity contribution in [1.82, 2.24) is 4.98 Å². The normalized spacial score (nSPS) is 17.5. The van der Waals surface area contributed by atoms with Gasteiger partial charge in [-0.15, -0.1) is 11.3 Å². The quantitative estimate of drug-likeness (QED) is 0.612. The summed E-state index contributed by atoms with van der Waals surface area (Å²) < 4.78 is 40.8. The lowest BCUT2D eigenvalue weighted by molar-refractivity contribution is -0.137. The molecule has 1 aliphatic rings. The fraction of sp³-hybridized carbons (Fsp3) is 0.333. The van der Waals surface area contributed by atoms with E-state index in [4.69, 9.17) is 0 Å². The van der Waals surface area contributed by atoms with E-state index in [0.717, 1.165) is 34.9 Å². The molecular weight excluding hydrogens is 399 g/mol. The van der Waals surface area contributed by atoms with Gasteiger partial charge in [0.15, 0.2) is 0 Å². The summed E-state index contributed by atoms with van der Waals surface area (Å²) in [6.07, 6.45) is -1.34. The Morgan fingerprint density at radius 3 is 2.86 bits per heavy atom. The van der Waals surface area contributed by atoms with Gasteiger partial charge in [0, 0.05) is 34.2 Å². The molecule has 2 aromatic heterocycles. The lowest BCUT2D eigenvalue weighted by atomic mass is 9.96.